The molecule has 0 saturated carbocycles. The van der Waals surface area contributed by atoms with Crippen LogP contribution < -0.4 is 5.32 Å². The lowest BCUT2D eigenvalue weighted by molar-refractivity contribution is 0.745. The van der Waals surface area contributed by atoms with Crippen LogP contribution in [0, 0.1) is 0 Å². The molecule has 1 aromatic rings. The van der Waals surface area contributed by atoms with Gasteiger partial charge in [-0.25, -0.2) is 0 Å². The number of amidine groups is 1. The maximum Gasteiger partial charge on any atom is 0.161 e. The molecule has 0 aliphatic carbocycles. The van der Waals surface area contributed by atoms with Gasteiger partial charge in [-0.15, -0.1) is 0 Å². The molecule has 2 nitrogen and oxygen atoms in total. The Hall–Kier alpha value is -0.610. The molecule has 2 rings (SSSR count). The van der Waals surface area contributed by atoms with Crippen molar-refractivity contribution in [3.05, 3.63) is 30.3 Å². The van der Waals surface area contributed by atoms with Crippen LogP contribution in [0.4, 0.5) is 5.69 Å². The van der Waals surface area contributed by atoms with E-state index in [1.54, 1.807) is 0 Å². The topological polar surface area (TPSA) is 24.4 Å². The van der Waals surface area contributed by atoms with Gasteiger partial charge in [-0.05, 0) is 30.6 Å². The van der Waals surface area contributed by atoms with Crippen LogP contribution in [-0.4, -0.2) is 29.0 Å². The van der Waals surface area contributed by atoms with Crippen LogP contribution in [0.5, 0.6) is 0 Å². The standard InChI is InChI=1S/C12H16N2S2/c1-15-8-7-11-9-16-12(14-11)13-10-5-3-2-4-6-10/h2-6,11H,7-9H2,1H3,(H,13,14). The number of aliphatic imine (C=N–C) groups is 1. The predicted octanol–water partition coefficient (Wildman–Crippen LogP) is 3.32. The summed E-state index contributed by atoms with van der Waals surface area (Å²) in [6.07, 6.45) is 3.34. The molecule has 0 radical (unpaired) electrons. The summed E-state index contributed by atoms with van der Waals surface area (Å²) in [7, 11) is 0. The highest BCUT2D eigenvalue weighted by atomic mass is 32.2. The molecule has 0 bridgehead atoms. The first kappa shape index (κ1) is 11.9. The number of anilines is 1. The molecule has 0 spiro atoms. The van der Waals surface area contributed by atoms with Gasteiger partial charge in [-0.1, -0.05) is 30.0 Å². The molecule has 1 aromatic carbocycles. The van der Waals surface area contributed by atoms with Crippen LogP contribution in [0.3, 0.4) is 0 Å². The third-order valence-corrected chi connectivity index (χ3v) is 4.07. The van der Waals surface area contributed by atoms with Crippen LogP contribution in [0.15, 0.2) is 35.3 Å². The van der Waals surface area contributed by atoms with Crippen molar-refractivity contribution in [3.8, 4) is 0 Å². The molecule has 0 amide bonds. The minimum atomic E-state index is 0.503. The molecule has 86 valence electrons. The summed E-state index contributed by atoms with van der Waals surface area (Å²) < 4.78 is 0. The molecule has 4 heteroatoms. The average Bonchev–Trinajstić information content (AvgIpc) is 2.75. The minimum Gasteiger partial charge on any atom is -0.335 e. The van der Waals surface area contributed by atoms with E-state index < -0.39 is 0 Å². The molecule has 1 unspecified atom stereocenters. The van der Waals surface area contributed by atoms with Crippen molar-refractivity contribution in [1.82, 2.24) is 0 Å². The van der Waals surface area contributed by atoms with E-state index in [2.05, 4.69) is 28.7 Å². The van der Waals surface area contributed by atoms with E-state index in [4.69, 9.17) is 0 Å². The lowest BCUT2D eigenvalue weighted by atomic mass is 10.3. The van der Waals surface area contributed by atoms with Gasteiger partial charge in [0.25, 0.3) is 0 Å². The number of hydrogen-bond acceptors (Lipinski definition) is 4. The number of para-hydroxylation sites is 1. The van der Waals surface area contributed by atoms with Crippen LogP contribution in [0.25, 0.3) is 0 Å². The number of rotatable bonds is 4. The minimum absolute atomic E-state index is 0.503. The molecule has 1 aliphatic heterocycles. The summed E-state index contributed by atoms with van der Waals surface area (Å²) in [5.41, 5.74) is 1.12. The quantitative estimate of drug-likeness (QED) is 0.889. The maximum atomic E-state index is 4.68. The zero-order valence-corrected chi connectivity index (χ0v) is 11.0. The molecule has 1 N–H and O–H groups in total. The Kier molecular flexibility index (Phi) is 4.60. The molecule has 0 fully saturated rings. The van der Waals surface area contributed by atoms with Gasteiger partial charge < -0.3 is 5.32 Å². The Morgan fingerprint density at radius 1 is 1.44 bits per heavy atom. The van der Waals surface area contributed by atoms with E-state index in [9.17, 15) is 0 Å². The van der Waals surface area contributed by atoms with E-state index in [0.717, 1.165) is 16.6 Å². The number of nitrogens with one attached hydrogen (secondary N) is 1. The molecule has 1 heterocycles. The van der Waals surface area contributed by atoms with Crippen LogP contribution in [0.1, 0.15) is 6.42 Å². The lowest BCUT2D eigenvalue weighted by Gasteiger charge is -2.03. The molecule has 0 saturated heterocycles. The van der Waals surface area contributed by atoms with E-state index in [1.807, 2.05) is 41.7 Å². The van der Waals surface area contributed by atoms with Crippen LogP contribution in [-0.2, 0) is 0 Å². The predicted molar refractivity (Wildman–Crippen MR) is 76.7 cm³/mol. The van der Waals surface area contributed by atoms with Gasteiger partial charge >= 0.3 is 0 Å². The Bertz CT molecular complexity index is 351. The van der Waals surface area contributed by atoms with Gasteiger partial charge in [0.15, 0.2) is 5.17 Å². The van der Waals surface area contributed by atoms with Crippen molar-refractivity contribution in [2.45, 2.75) is 12.5 Å². The van der Waals surface area contributed by atoms with Crippen molar-refractivity contribution in [2.75, 3.05) is 23.1 Å². The van der Waals surface area contributed by atoms with Crippen molar-refractivity contribution < 1.29 is 0 Å². The second-order valence-corrected chi connectivity index (χ2v) is 5.67. The fourth-order valence-electron chi connectivity index (χ4n) is 1.53. The number of thioether (sulfide) groups is 2. The summed E-state index contributed by atoms with van der Waals surface area (Å²) in [5, 5.41) is 4.42. The fourth-order valence-corrected chi connectivity index (χ4v) is 3.04. The third-order valence-electron chi connectivity index (χ3n) is 2.39. The summed E-state index contributed by atoms with van der Waals surface area (Å²) >= 11 is 3.72. The van der Waals surface area contributed by atoms with Gasteiger partial charge in [0, 0.05) is 11.4 Å². The summed E-state index contributed by atoms with van der Waals surface area (Å²) in [6.45, 7) is 0. The second-order valence-electron chi connectivity index (χ2n) is 3.67. The molecule has 16 heavy (non-hydrogen) atoms. The zero-order chi connectivity index (χ0) is 11.2. The van der Waals surface area contributed by atoms with Crippen LogP contribution >= 0.6 is 23.5 Å². The SMILES string of the molecule is CSCCC1CSC(Nc2ccccc2)=N1. The van der Waals surface area contributed by atoms with E-state index in [1.165, 1.54) is 12.2 Å². The van der Waals surface area contributed by atoms with Crippen molar-refractivity contribution >= 4 is 34.4 Å². The van der Waals surface area contributed by atoms with Crippen molar-refractivity contribution in [2.24, 2.45) is 4.99 Å². The van der Waals surface area contributed by atoms with E-state index in [0.29, 0.717) is 6.04 Å². The summed E-state index contributed by atoms with van der Waals surface area (Å²) in [4.78, 5) is 4.68. The van der Waals surface area contributed by atoms with Gasteiger partial charge in [-0.2, -0.15) is 11.8 Å². The van der Waals surface area contributed by atoms with Crippen molar-refractivity contribution in [1.29, 1.82) is 0 Å². The molecule has 1 atom stereocenters. The van der Waals surface area contributed by atoms with Gasteiger partial charge in [0.2, 0.25) is 0 Å². The van der Waals surface area contributed by atoms with Crippen molar-refractivity contribution in [3.63, 3.8) is 0 Å². The Morgan fingerprint density at radius 3 is 3.00 bits per heavy atom. The van der Waals surface area contributed by atoms with E-state index in [-0.39, 0.29) is 0 Å². The highest BCUT2D eigenvalue weighted by molar-refractivity contribution is 8.14. The lowest BCUT2D eigenvalue weighted by Crippen LogP contribution is -2.06. The number of nitrogens with zero attached hydrogens (tertiary/aromatic N) is 1. The van der Waals surface area contributed by atoms with E-state index >= 15 is 0 Å². The largest absolute Gasteiger partial charge is 0.335 e. The monoisotopic (exact) mass is 252 g/mol. The average molecular weight is 252 g/mol. The highest BCUT2D eigenvalue weighted by Gasteiger charge is 2.17. The number of benzene rings is 1. The first-order valence-electron chi connectivity index (χ1n) is 5.40. The van der Waals surface area contributed by atoms with Gasteiger partial charge in [0.1, 0.15) is 0 Å². The van der Waals surface area contributed by atoms with Gasteiger partial charge in [-0.3, -0.25) is 4.99 Å². The zero-order valence-electron chi connectivity index (χ0n) is 9.35. The normalized spacial score (nSPS) is 19.6. The maximum absolute atomic E-state index is 4.68. The van der Waals surface area contributed by atoms with Gasteiger partial charge in [0.05, 0.1) is 6.04 Å². The second kappa shape index (κ2) is 6.21. The first-order chi connectivity index (χ1) is 7.88. The highest BCUT2D eigenvalue weighted by Crippen LogP contribution is 2.22. The number of hydrogen-bond donors (Lipinski definition) is 1. The summed E-state index contributed by atoms with van der Waals surface area (Å²) in [6, 6.07) is 10.7. The summed E-state index contributed by atoms with van der Waals surface area (Å²) in [5.74, 6) is 2.32. The molecule has 1 aliphatic rings. The smallest absolute Gasteiger partial charge is 0.161 e. The third kappa shape index (κ3) is 3.46. The molecular weight excluding hydrogens is 236 g/mol. The Labute approximate surface area is 105 Å². The molecule has 0 aromatic heterocycles. The first-order valence-corrected chi connectivity index (χ1v) is 7.78. The Morgan fingerprint density at radius 2 is 2.25 bits per heavy atom. The molecular formula is C12H16N2S2. The fraction of sp³-hybridized carbons (Fsp3) is 0.417. The Balaban J connectivity index is 1.87. The van der Waals surface area contributed by atoms with Crippen LogP contribution in [0.2, 0.25) is 0 Å².